The fraction of sp³-hybridized carbons (Fsp3) is 0.389. The number of rotatable bonds is 4. The van der Waals surface area contributed by atoms with E-state index in [1.165, 1.54) is 5.56 Å². The molecular weight excluding hydrogens is 304 g/mol. The Morgan fingerprint density at radius 1 is 1.12 bits per heavy atom. The molecule has 1 unspecified atom stereocenters. The van der Waals surface area contributed by atoms with Gasteiger partial charge in [0.05, 0.1) is 6.20 Å². The second-order valence-corrected chi connectivity index (χ2v) is 5.95. The number of piperazine rings is 1. The van der Waals surface area contributed by atoms with Crippen LogP contribution in [0.25, 0.3) is 0 Å². The lowest BCUT2D eigenvalue weighted by Crippen LogP contribution is -2.52. The molecule has 0 bridgehead atoms. The van der Waals surface area contributed by atoms with Gasteiger partial charge in [0.2, 0.25) is 0 Å². The third kappa shape index (κ3) is 3.82. The number of benzene rings is 1. The summed E-state index contributed by atoms with van der Waals surface area (Å²) in [5.41, 5.74) is 1.17. The van der Waals surface area contributed by atoms with E-state index >= 15 is 0 Å². The molecule has 1 aromatic heterocycles. The molecule has 1 fully saturated rings. The van der Waals surface area contributed by atoms with Crippen molar-refractivity contribution < 1.29 is 9.53 Å². The molecule has 0 N–H and O–H groups in total. The third-order valence-electron chi connectivity index (χ3n) is 4.15. The van der Waals surface area contributed by atoms with Crippen LogP contribution in [-0.2, 0) is 4.79 Å². The summed E-state index contributed by atoms with van der Waals surface area (Å²) < 4.78 is 5.77. The van der Waals surface area contributed by atoms with Gasteiger partial charge in [0.25, 0.3) is 5.91 Å². The zero-order chi connectivity index (χ0) is 16.9. The van der Waals surface area contributed by atoms with E-state index in [0.29, 0.717) is 13.1 Å². The summed E-state index contributed by atoms with van der Waals surface area (Å²) in [6, 6.07) is 7.74. The molecule has 1 amide bonds. The second-order valence-electron chi connectivity index (χ2n) is 5.95. The number of aryl methyl sites for hydroxylation is 1. The normalized spacial score (nSPS) is 15.9. The standard InChI is InChI=1S/C18H22N4O2/c1-14-3-5-16(6-4-14)24-15(2)18(23)22-11-9-21(10-12-22)17-13-19-7-8-20-17/h3-8,13,15H,9-12H2,1-2H3. The first-order chi connectivity index (χ1) is 11.6. The molecule has 0 aliphatic carbocycles. The lowest BCUT2D eigenvalue weighted by atomic mass is 10.2. The van der Waals surface area contributed by atoms with Crippen molar-refractivity contribution >= 4 is 11.7 Å². The summed E-state index contributed by atoms with van der Waals surface area (Å²) in [5.74, 6) is 1.60. The largest absolute Gasteiger partial charge is 0.481 e. The van der Waals surface area contributed by atoms with E-state index in [-0.39, 0.29) is 5.91 Å². The fourth-order valence-corrected chi connectivity index (χ4v) is 2.74. The maximum Gasteiger partial charge on any atom is 0.263 e. The number of aromatic nitrogens is 2. The van der Waals surface area contributed by atoms with Crippen molar-refractivity contribution in [3.63, 3.8) is 0 Å². The Hall–Kier alpha value is -2.63. The Balaban J connectivity index is 1.53. The highest BCUT2D eigenvalue weighted by Gasteiger charge is 2.26. The van der Waals surface area contributed by atoms with Crippen LogP contribution in [-0.4, -0.2) is 53.1 Å². The predicted octanol–water partition coefficient (Wildman–Crippen LogP) is 1.90. The number of nitrogens with zero attached hydrogens (tertiary/aromatic N) is 4. The summed E-state index contributed by atoms with van der Waals surface area (Å²) in [6.07, 6.45) is 4.61. The molecular formula is C18H22N4O2. The molecule has 0 radical (unpaired) electrons. The van der Waals surface area contributed by atoms with E-state index < -0.39 is 6.10 Å². The Bertz CT molecular complexity index is 667. The van der Waals surface area contributed by atoms with Crippen LogP contribution in [0.1, 0.15) is 12.5 Å². The van der Waals surface area contributed by atoms with E-state index in [1.54, 1.807) is 25.5 Å². The number of carbonyl (C=O) groups is 1. The molecule has 1 aliphatic heterocycles. The Morgan fingerprint density at radius 2 is 1.83 bits per heavy atom. The fourth-order valence-electron chi connectivity index (χ4n) is 2.74. The quantitative estimate of drug-likeness (QED) is 0.859. The van der Waals surface area contributed by atoms with Crippen molar-refractivity contribution in [2.45, 2.75) is 20.0 Å². The lowest BCUT2D eigenvalue weighted by molar-refractivity contribution is -0.138. The first-order valence-corrected chi connectivity index (χ1v) is 8.16. The van der Waals surface area contributed by atoms with Gasteiger partial charge in [-0.2, -0.15) is 0 Å². The number of ether oxygens (including phenoxy) is 1. The molecule has 3 rings (SSSR count). The van der Waals surface area contributed by atoms with Gasteiger partial charge < -0.3 is 14.5 Å². The first-order valence-electron chi connectivity index (χ1n) is 8.16. The maximum atomic E-state index is 12.6. The van der Waals surface area contributed by atoms with Gasteiger partial charge in [-0.25, -0.2) is 4.98 Å². The van der Waals surface area contributed by atoms with Gasteiger partial charge in [-0.05, 0) is 26.0 Å². The van der Waals surface area contributed by atoms with Crippen LogP contribution in [0.4, 0.5) is 5.82 Å². The van der Waals surface area contributed by atoms with Crippen LogP contribution in [0.2, 0.25) is 0 Å². The van der Waals surface area contributed by atoms with Crippen LogP contribution < -0.4 is 9.64 Å². The van der Waals surface area contributed by atoms with Crippen molar-refractivity contribution in [2.75, 3.05) is 31.1 Å². The monoisotopic (exact) mass is 326 g/mol. The van der Waals surface area contributed by atoms with Gasteiger partial charge in [-0.1, -0.05) is 17.7 Å². The van der Waals surface area contributed by atoms with Crippen molar-refractivity contribution in [1.29, 1.82) is 0 Å². The van der Waals surface area contributed by atoms with Gasteiger partial charge in [0.15, 0.2) is 6.10 Å². The Morgan fingerprint density at radius 3 is 2.46 bits per heavy atom. The smallest absolute Gasteiger partial charge is 0.263 e. The summed E-state index contributed by atoms with van der Waals surface area (Å²) in [7, 11) is 0. The molecule has 1 atom stereocenters. The minimum atomic E-state index is -0.490. The number of carbonyl (C=O) groups excluding carboxylic acids is 1. The van der Waals surface area contributed by atoms with E-state index in [2.05, 4.69) is 14.9 Å². The minimum absolute atomic E-state index is 0.0226. The van der Waals surface area contributed by atoms with Crippen LogP contribution in [0.3, 0.4) is 0 Å². The predicted molar refractivity (Wildman–Crippen MR) is 92.1 cm³/mol. The number of anilines is 1. The topological polar surface area (TPSA) is 58.6 Å². The van der Waals surface area contributed by atoms with E-state index in [1.807, 2.05) is 36.1 Å². The molecule has 1 aliphatic rings. The molecule has 2 aromatic rings. The average Bonchev–Trinajstić information content (AvgIpc) is 2.64. The van der Waals surface area contributed by atoms with Crippen LogP contribution in [0.15, 0.2) is 42.9 Å². The van der Waals surface area contributed by atoms with Gasteiger partial charge in [0, 0.05) is 38.6 Å². The summed E-state index contributed by atoms with van der Waals surface area (Å²) >= 11 is 0. The summed E-state index contributed by atoms with van der Waals surface area (Å²) in [5, 5.41) is 0. The number of amides is 1. The van der Waals surface area contributed by atoms with E-state index in [4.69, 9.17) is 4.74 Å². The van der Waals surface area contributed by atoms with Crippen LogP contribution in [0, 0.1) is 6.92 Å². The molecule has 0 saturated carbocycles. The average molecular weight is 326 g/mol. The minimum Gasteiger partial charge on any atom is -0.481 e. The zero-order valence-electron chi connectivity index (χ0n) is 14.1. The lowest BCUT2D eigenvalue weighted by Gasteiger charge is -2.36. The van der Waals surface area contributed by atoms with Gasteiger partial charge in [-0.15, -0.1) is 0 Å². The maximum absolute atomic E-state index is 12.6. The van der Waals surface area contributed by atoms with Gasteiger partial charge in [0.1, 0.15) is 11.6 Å². The molecule has 6 nitrogen and oxygen atoms in total. The first kappa shape index (κ1) is 16.2. The van der Waals surface area contributed by atoms with Crippen molar-refractivity contribution in [1.82, 2.24) is 14.9 Å². The molecule has 24 heavy (non-hydrogen) atoms. The van der Waals surface area contributed by atoms with E-state index in [9.17, 15) is 4.79 Å². The highest BCUT2D eigenvalue weighted by Crippen LogP contribution is 2.16. The highest BCUT2D eigenvalue weighted by atomic mass is 16.5. The third-order valence-corrected chi connectivity index (χ3v) is 4.15. The van der Waals surface area contributed by atoms with E-state index in [0.717, 1.165) is 24.7 Å². The Labute approximate surface area is 142 Å². The highest BCUT2D eigenvalue weighted by molar-refractivity contribution is 5.81. The summed E-state index contributed by atoms with van der Waals surface area (Å²) in [6.45, 7) is 6.66. The SMILES string of the molecule is Cc1ccc(OC(C)C(=O)N2CCN(c3cnccn3)CC2)cc1. The number of hydrogen-bond acceptors (Lipinski definition) is 5. The molecule has 2 heterocycles. The summed E-state index contributed by atoms with van der Waals surface area (Å²) in [4.78, 5) is 25.0. The Kier molecular flexibility index (Phi) is 4.93. The van der Waals surface area contributed by atoms with Crippen LogP contribution >= 0.6 is 0 Å². The molecule has 126 valence electrons. The molecule has 6 heteroatoms. The van der Waals surface area contributed by atoms with Crippen molar-refractivity contribution in [3.8, 4) is 5.75 Å². The van der Waals surface area contributed by atoms with Crippen molar-refractivity contribution in [3.05, 3.63) is 48.4 Å². The van der Waals surface area contributed by atoms with Crippen molar-refractivity contribution in [2.24, 2.45) is 0 Å². The number of hydrogen-bond donors (Lipinski definition) is 0. The van der Waals surface area contributed by atoms with Crippen LogP contribution in [0.5, 0.6) is 5.75 Å². The molecule has 1 aromatic carbocycles. The van der Waals surface area contributed by atoms with Gasteiger partial charge >= 0.3 is 0 Å². The van der Waals surface area contributed by atoms with Gasteiger partial charge in [-0.3, -0.25) is 9.78 Å². The zero-order valence-corrected chi connectivity index (χ0v) is 14.1. The second kappa shape index (κ2) is 7.29. The molecule has 0 spiro atoms. The molecule has 1 saturated heterocycles.